The first kappa shape index (κ1) is 19.4. The van der Waals surface area contributed by atoms with Crippen LogP contribution in [0.4, 0.5) is 20.2 Å². The van der Waals surface area contributed by atoms with Crippen LogP contribution in [0.2, 0.25) is 5.02 Å². The molecule has 1 aromatic heterocycles. The first-order valence-electron chi connectivity index (χ1n) is 7.96. The number of thioether (sulfide) groups is 1. The largest absolute Gasteiger partial charge is 0.359 e. The van der Waals surface area contributed by atoms with Crippen molar-refractivity contribution in [3.8, 4) is 0 Å². The molecule has 1 aliphatic heterocycles. The lowest BCUT2D eigenvalue weighted by Crippen LogP contribution is -2.47. The minimum absolute atomic E-state index is 0.0490. The van der Waals surface area contributed by atoms with Crippen LogP contribution in [0.5, 0.6) is 0 Å². The van der Waals surface area contributed by atoms with Gasteiger partial charge in [0, 0.05) is 25.0 Å². The van der Waals surface area contributed by atoms with E-state index in [9.17, 15) is 18.4 Å². The fourth-order valence-corrected chi connectivity index (χ4v) is 3.50. The summed E-state index contributed by atoms with van der Waals surface area (Å²) < 4.78 is 25.3. The minimum Gasteiger partial charge on any atom is -0.359 e. The number of anilines is 2. The van der Waals surface area contributed by atoms with Gasteiger partial charge in [-0.3, -0.25) is 9.59 Å². The zero-order chi connectivity index (χ0) is 19.4. The average molecular weight is 413 g/mol. The third kappa shape index (κ3) is 4.86. The lowest BCUT2D eigenvalue weighted by atomic mass is 10.2. The number of pyridine rings is 1. The molecule has 1 aliphatic rings. The smallest absolute Gasteiger partial charge is 0.290 e. The molecule has 2 aromatic rings. The lowest BCUT2D eigenvalue weighted by Gasteiger charge is -2.29. The molecule has 2 N–H and O–H groups in total. The van der Waals surface area contributed by atoms with E-state index in [-0.39, 0.29) is 34.8 Å². The van der Waals surface area contributed by atoms with Gasteiger partial charge in [0.15, 0.2) is 0 Å². The second-order valence-corrected chi connectivity index (χ2v) is 7.01. The van der Waals surface area contributed by atoms with Crippen molar-refractivity contribution in [1.82, 2.24) is 10.3 Å². The van der Waals surface area contributed by atoms with Gasteiger partial charge in [0.05, 0.1) is 22.8 Å². The molecule has 2 heterocycles. The first-order chi connectivity index (χ1) is 12.9. The second-order valence-electron chi connectivity index (χ2n) is 5.63. The predicted octanol–water partition coefficient (Wildman–Crippen LogP) is 3.24. The van der Waals surface area contributed by atoms with Crippen molar-refractivity contribution in [3.05, 3.63) is 47.1 Å². The molecule has 142 valence electrons. The number of amides is 2. The van der Waals surface area contributed by atoms with Crippen LogP contribution in [0.3, 0.4) is 0 Å². The number of halogens is 3. The number of rotatable bonds is 5. The summed E-state index contributed by atoms with van der Waals surface area (Å²) in [7, 11) is 0. The van der Waals surface area contributed by atoms with E-state index in [1.54, 1.807) is 18.2 Å². The van der Waals surface area contributed by atoms with Crippen molar-refractivity contribution in [2.75, 3.05) is 29.9 Å². The van der Waals surface area contributed by atoms with Gasteiger partial charge >= 0.3 is 0 Å². The normalized spacial score (nSPS) is 14.2. The molecule has 3 rings (SSSR count). The van der Waals surface area contributed by atoms with Crippen LogP contribution < -0.4 is 15.5 Å². The number of hydrogen-bond acceptors (Lipinski definition) is 5. The maximum absolute atomic E-state index is 12.6. The molecule has 0 saturated carbocycles. The third-order valence-corrected chi connectivity index (χ3v) is 4.83. The molecule has 6 nitrogen and oxygen atoms in total. The van der Waals surface area contributed by atoms with E-state index in [1.165, 1.54) is 18.3 Å². The van der Waals surface area contributed by atoms with Gasteiger partial charge in [-0.15, -0.1) is 0 Å². The number of nitrogens with one attached hydrogen (secondary N) is 2. The van der Waals surface area contributed by atoms with Gasteiger partial charge in [-0.05, 0) is 42.1 Å². The maximum atomic E-state index is 12.6. The molecule has 0 aliphatic carbocycles. The van der Waals surface area contributed by atoms with Crippen LogP contribution in [-0.2, 0) is 4.79 Å². The molecule has 0 bridgehead atoms. The number of piperazine rings is 1. The van der Waals surface area contributed by atoms with Crippen molar-refractivity contribution in [2.24, 2.45) is 0 Å². The summed E-state index contributed by atoms with van der Waals surface area (Å²) in [5, 5.41) is 5.69. The Morgan fingerprint density at radius 2 is 2.19 bits per heavy atom. The highest BCUT2D eigenvalue weighted by Gasteiger charge is 2.20. The van der Waals surface area contributed by atoms with Gasteiger partial charge in [-0.1, -0.05) is 11.6 Å². The Kier molecular flexibility index (Phi) is 6.12. The van der Waals surface area contributed by atoms with E-state index in [0.29, 0.717) is 29.5 Å². The summed E-state index contributed by atoms with van der Waals surface area (Å²) in [5.41, 5.74) is 1.14. The van der Waals surface area contributed by atoms with E-state index in [0.717, 1.165) is 0 Å². The fraction of sp³-hybridized carbons (Fsp3) is 0.235. The van der Waals surface area contributed by atoms with Crippen molar-refractivity contribution in [3.63, 3.8) is 0 Å². The average Bonchev–Trinajstić information content (AvgIpc) is 2.61. The van der Waals surface area contributed by atoms with Crippen LogP contribution >= 0.6 is 23.4 Å². The molecular weight excluding hydrogens is 398 g/mol. The van der Waals surface area contributed by atoms with Crippen molar-refractivity contribution in [2.45, 2.75) is 10.8 Å². The minimum atomic E-state index is -2.68. The number of benzene rings is 1. The molecule has 1 fully saturated rings. The number of hydrogen-bond donors (Lipinski definition) is 2. The van der Waals surface area contributed by atoms with E-state index in [4.69, 9.17) is 11.6 Å². The second kappa shape index (κ2) is 8.53. The molecular formula is C17H15ClF2N4O2S. The fourth-order valence-electron chi connectivity index (χ4n) is 2.63. The summed E-state index contributed by atoms with van der Waals surface area (Å²) in [5.74, 6) is -3.33. The molecule has 1 aromatic carbocycles. The predicted molar refractivity (Wildman–Crippen MR) is 101 cm³/mol. The Balaban J connectivity index is 1.76. The third-order valence-electron chi connectivity index (χ3n) is 3.80. The summed E-state index contributed by atoms with van der Waals surface area (Å²) in [6, 6.07) is 7.82. The summed E-state index contributed by atoms with van der Waals surface area (Å²) >= 11 is 6.51. The zero-order valence-corrected chi connectivity index (χ0v) is 15.5. The monoisotopic (exact) mass is 412 g/mol. The molecule has 0 spiro atoms. The quantitative estimate of drug-likeness (QED) is 0.737. The van der Waals surface area contributed by atoms with Gasteiger partial charge in [0.1, 0.15) is 5.03 Å². The molecule has 10 heteroatoms. The standard InChI is InChI=1S/C17H15ClF2N4O2S/c18-12-8-10(3-4-13(12)24-7-6-21-14(25)9-24)23-15(26)11-2-1-5-22-16(11)27-17(19)20/h1-5,8,17H,6-7,9H2,(H,21,25)(H,23,26). The number of carbonyl (C=O) groups excluding carboxylic acids is 2. The first-order valence-corrected chi connectivity index (χ1v) is 9.22. The highest BCUT2D eigenvalue weighted by molar-refractivity contribution is 7.99. The van der Waals surface area contributed by atoms with Crippen molar-refractivity contribution in [1.29, 1.82) is 0 Å². The van der Waals surface area contributed by atoms with E-state index in [2.05, 4.69) is 15.6 Å². The van der Waals surface area contributed by atoms with Crippen molar-refractivity contribution >= 4 is 46.6 Å². The van der Waals surface area contributed by atoms with E-state index >= 15 is 0 Å². The molecule has 0 unspecified atom stereocenters. The summed E-state index contributed by atoms with van der Waals surface area (Å²) in [6.45, 7) is 1.36. The van der Waals surface area contributed by atoms with Gasteiger partial charge in [-0.25, -0.2) is 4.98 Å². The van der Waals surface area contributed by atoms with Crippen molar-refractivity contribution < 1.29 is 18.4 Å². The summed E-state index contributed by atoms with van der Waals surface area (Å²) in [6.07, 6.45) is 1.35. The van der Waals surface area contributed by atoms with Crippen LogP contribution in [0.25, 0.3) is 0 Å². The number of carbonyl (C=O) groups is 2. The molecule has 2 amide bonds. The van der Waals surface area contributed by atoms with Crippen LogP contribution in [-0.4, -0.2) is 42.2 Å². The number of nitrogens with zero attached hydrogens (tertiary/aromatic N) is 2. The lowest BCUT2D eigenvalue weighted by molar-refractivity contribution is -0.120. The highest BCUT2D eigenvalue weighted by Crippen LogP contribution is 2.30. The van der Waals surface area contributed by atoms with Gasteiger partial charge < -0.3 is 15.5 Å². The Morgan fingerprint density at radius 3 is 2.89 bits per heavy atom. The maximum Gasteiger partial charge on any atom is 0.290 e. The van der Waals surface area contributed by atoms with Gasteiger partial charge in [0.2, 0.25) is 5.91 Å². The SMILES string of the molecule is O=C1CN(c2ccc(NC(=O)c3cccnc3SC(F)F)cc2Cl)CCN1. The topological polar surface area (TPSA) is 74.3 Å². The van der Waals surface area contributed by atoms with E-state index in [1.807, 2.05) is 4.90 Å². The van der Waals surface area contributed by atoms with Crippen LogP contribution in [0.15, 0.2) is 41.6 Å². The molecule has 27 heavy (non-hydrogen) atoms. The highest BCUT2D eigenvalue weighted by atomic mass is 35.5. The molecule has 0 radical (unpaired) electrons. The van der Waals surface area contributed by atoms with Gasteiger partial charge in [-0.2, -0.15) is 8.78 Å². The van der Waals surface area contributed by atoms with E-state index < -0.39 is 11.7 Å². The Hall–Kier alpha value is -2.39. The Bertz CT molecular complexity index is 869. The Morgan fingerprint density at radius 1 is 1.37 bits per heavy atom. The zero-order valence-electron chi connectivity index (χ0n) is 13.9. The molecule has 0 atom stereocenters. The number of aromatic nitrogens is 1. The molecule has 1 saturated heterocycles. The summed E-state index contributed by atoms with van der Waals surface area (Å²) in [4.78, 5) is 29.6. The van der Waals surface area contributed by atoms with Crippen LogP contribution in [0, 0.1) is 0 Å². The van der Waals surface area contributed by atoms with Gasteiger partial charge in [0.25, 0.3) is 11.7 Å². The number of alkyl halides is 2. The van der Waals surface area contributed by atoms with Crippen LogP contribution in [0.1, 0.15) is 10.4 Å². The Labute approximate surface area is 163 Å².